The smallest absolute Gasteiger partial charge is 0.0468 e. The Balaban J connectivity index is 1.93. The first-order chi connectivity index (χ1) is 6.36. The second kappa shape index (κ2) is 4.09. The SMILES string of the molecule is Nc1ccsc1CN1CCNCC1. The second-order valence-corrected chi connectivity index (χ2v) is 4.33. The standard InChI is InChI=1S/C9H15N3S/c10-8-1-6-13-9(8)7-12-4-2-11-3-5-12/h1,6,11H,2-5,7,10H2. The highest BCUT2D eigenvalue weighted by Crippen LogP contribution is 2.20. The van der Waals surface area contributed by atoms with Gasteiger partial charge in [0, 0.05) is 43.3 Å². The number of rotatable bonds is 2. The van der Waals surface area contributed by atoms with Crippen molar-refractivity contribution in [2.24, 2.45) is 0 Å². The normalized spacial score (nSPS) is 19.1. The van der Waals surface area contributed by atoms with E-state index in [9.17, 15) is 0 Å². The van der Waals surface area contributed by atoms with Crippen LogP contribution in [-0.4, -0.2) is 31.1 Å². The van der Waals surface area contributed by atoms with E-state index in [4.69, 9.17) is 5.73 Å². The Morgan fingerprint density at radius 2 is 2.23 bits per heavy atom. The minimum atomic E-state index is 0.948. The van der Waals surface area contributed by atoms with Crippen LogP contribution in [0.3, 0.4) is 0 Å². The second-order valence-electron chi connectivity index (χ2n) is 3.33. The van der Waals surface area contributed by atoms with Crippen LogP contribution < -0.4 is 11.1 Å². The fraction of sp³-hybridized carbons (Fsp3) is 0.556. The molecule has 1 saturated heterocycles. The molecule has 13 heavy (non-hydrogen) atoms. The molecular weight excluding hydrogens is 182 g/mol. The van der Waals surface area contributed by atoms with Gasteiger partial charge in [-0.3, -0.25) is 4.90 Å². The molecule has 1 aromatic rings. The molecule has 1 aromatic heterocycles. The first-order valence-corrected chi connectivity index (χ1v) is 5.49. The molecule has 4 heteroatoms. The highest BCUT2D eigenvalue weighted by Gasteiger charge is 2.11. The zero-order chi connectivity index (χ0) is 9.10. The molecule has 0 radical (unpaired) electrons. The van der Waals surface area contributed by atoms with Crippen molar-refractivity contribution in [3.8, 4) is 0 Å². The van der Waals surface area contributed by atoms with Gasteiger partial charge in [-0.1, -0.05) is 0 Å². The Kier molecular flexibility index (Phi) is 2.83. The maximum Gasteiger partial charge on any atom is 0.0468 e. The average molecular weight is 197 g/mol. The third-order valence-corrected chi connectivity index (χ3v) is 3.28. The third kappa shape index (κ3) is 2.21. The van der Waals surface area contributed by atoms with Crippen LogP contribution in [-0.2, 0) is 6.54 Å². The average Bonchev–Trinajstić information content (AvgIpc) is 2.54. The predicted molar refractivity (Wildman–Crippen MR) is 56.9 cm³/mol. The van der Waals surface area contributed by atoms with Crippen molar-refractivity contribution in [3.63, 3.8) is 0 Å². The number of nitrogens with zero attached hydrogens (tertiary/aromatic N) is 1. The number of anilines is 1. The van der Waals surface area contributed by atoms with Crippen LogP contribution in [0.15, 0.2) is 11.4 Å². The maximum absolute atomic E-state index is 5.83. The van der Waals surface area contributed by atoms with Crippen LogP contribution in [0.1, 0.15) is 4.88 Å². The summed E-state index contributed by atoms with van der Waals surface area (Å²) in [5.41, 5.74) is 6.77. The van der Waals surface area contributed by atoms with E-state index in [-0.39, 0.29) is 0 Å². The van der Waals surface area contributed by atoms with Crippen LogP contribution in [0.4, 0.5) is 5.69 Å². The van der Waals surface area contributed by atoms with Crippen LogP contribution in [0.2, 0.25) is 0 Å². The van der Waals surface area contributed by atoms with Crippen molar-refractivity contribution in [1.82, 2.24) is 10.2 Å². The molecule has 0 unspecified atom stereocenters. The predicted octanol–water partition coefficient (Wildman–Crippen LogP) is 0.736. The van der Waals surface area contributed by atoms with E-state index >= 15 is 0 Å². The monoisotopic (exact) mass is 197 g/mol. The summed E-state index contributed by atoms with van der Waals surface area (Å²) >= 11 is 1.76. The zero-order valence-electron chi connectivity index (χ0n) is 7.62. The van der Waals surface area contributed by atoms with Gasteiger partial charge in [-0.2, -0.15) is 0 Å². The van der Waals surface area contributed by atoms with Crippen molar-refractivity contribution < 1.29 is 0 Å². The fourth-order valence-corrected chi connectivity index (χ4v) is 2.39. The number of piperazine rings is 1. The number of hydrogen-bond acceptors (Lipinski definition) is 4. The number of thiophene rings is 1. The van der Waals surface area contributed by atoms with Gasteiger partial charge in [0.05, 0.1) is 0 Å². The molecule has 0 atom stereocenters. The minimum Gasteiger partial charge on any atom is -0.398 e. The van der Waals surface area contributed by atoms with E-state index in [0.717, 1.165) is 38.4 Å². The summed E-state index contributed by atoms with van der Waals surface area (Å²) in [6, 6.07) is 1.99. The minimum absolute atomic E-state index is 0.948. The molecule has 0 amide bonds. The number of nitrogens with one attached hydrogen (secondary N) is 1. The van der Waals surface area contributed by atoms with Crippen LogP contribution >= 0.6 is 11.3 Å². The van der Waals surface area contributed by atoms with E-state index in [1.165, 1.54) is 4.88 Å². The van der Waals surface area contributed by atoms with Gasteiger partial charge in [0.1, 0.15) is 0 Å². The molecule has 1 aliphatic rings. The molecule has 3 nitrogen and oxygen atoms in total. The van der Waals surface area contributed by atoms with Crippen molar-refractivity contribution >= 4 is 17.0 Å². The van der Waals surface area contributed by atoms with Crippen molar-refractivity contribution in [1.29, 1.82) is 0 Å². The third-order valence-electron chi connectivity index (χ3n) is 2.36. The Bertz CT molecular complexity index is 266. The Hall–Kier alpha value is -0.580. The maximum atomic E-state index is 5.83. The molecule has 3 N–H and O–H groups in total. The van der Waals surface area contributed by atoms with Gasteiger partial charge in [-0.25, -0.2) is 0 Å². The van der Waals surface area contributed by atoms with Crippen molar-refractivity contribution in [2.45, 2.75) is 6.54 Å². The largest absolute Gasteiger partial charge is 0.398 e. The molecule has 2 rings (SSSR count). The van der Waals surface area contributed by atoms with Crippen molar-refractivity contribution in [2.75, 3.05) is 31.9 Å². The molecule has 72 valence electrons. The van der Waals surface area contributed by atoms with E-state index in [2.05, 4.69) is 15.6 Å². The molecule has 1 aliphatic heterocycles. The molecule has 1 fully saturated rings. The lowest BCUT2D eigenvalue weighted by Gasteiger charge is -2.26. The van der Waals surface area contributed by atoms with Gasteiger partial charge in [0.25, 0.3) is 0 Å². The lowest BCUT2D eigenvalue weighted by atomic mass is 10.3. The summed E-state index contributed by atoms with van der Waals surface area (Å²) in [6.45, 7) is 5.50. The van der Waals surface area contributed by atoms with Crippen molar-refractivity contribution in [3.05, 3.63) is 16.3 Å². The summed E-state index contributed by atoms with van der Waals surface area (Å²) in [6.07, 6.45) is 0. The molecule has 0 aliphatic carbocycles. The summed E-state index contributed by atoms with van der Waals surface area (Å²) in [4.78, 5) is 3.75. The Morgan fingerprint density at radius 3 is 2.85 bits per heavy atom. The van der Waals surface area contributed by atoms with Crippen LogP contribution in [0.25, 0.3) is 0 Å². The Labute approximate surface area is 82.5 Å². The first-order valence-electron chi connectivity index (χ1n) is 4.61. The van der Waals surface area contributed by atoms with Gasteiger partial charge in [-0.05, 0) is 11.4 Å². The highest BCUT2D eigenvalue weighted by atomic mass is 32.1. The van der Waals surface area contributed by atoms with Gasteiger partial charge in [0.15, 0.2) is 0 Å². The molecule has 2 heterocycles. The Morgan fingerprint density at radius 1 is 1.46 bits per heavy atom. The molecule has 0 aromatic carbocycles. The lowest BCUT2D eigenvalue weighted by Crippen LogP contribution is -2.42. The summed E-state index contributed by atoms with van der Waals surface area (Å²) in [5, 5.41) is 5.40. The van der Waals surface area contributed by atoms with E-state index < -0.39 is 0 Å². The lowest BCUT2D eigenvalue weighted by molar-refractivity contribution is 0.235. The van der Waals surface area contributed by atoms with E-state index in [1.807, 2.05) is 6.07 Å². The van der Waals surface area contributed by atoms with Crippen LogP contribution in [0, 0.1) is 0 Å². The van der Waals surface area contributed by atoms with Gasteiger partial charge in [-0.15, -0.1) is 11.3 Å². The number of hydrogen-bond donors (Lipinski definition) is 2. The molecule has 0 spiro atoms. The highest BCUT2D eigenvalue weighted by molar-refractivity contribution is 7.10. The molecular formula is C9H15N3S. The number of nitrogen functional groups attached to an aromatic ring is 1. The zero-order valence-corrected chi connectivity index (χ0v) is 8.44. The van der Waals surface area contributed by atoms with E-state index in [1.54, 1.807) is 11.3 Å². The van der Waals surface area contributed by atoms with Gasteiger partial charge >= 0.3 is 0 Å². The molecule has 0 saturated carbocycles. The van der Waals surface area contributed by atoms with E-state index in [0.29, 0.717) is 0 Å². The van der Waals surface area contributed by atoms with Gasteiger partial charge in [0.2, 0.25) is 0 Å². The summed E-state index contributed by atoms with van der Waals surface area (Å²) < 4.78 is 0. The first kappa shape index (κ1) is 8.99. The summed E-state index contributed by atoms with van der Waals surface area (Å²) in [7, 11) is 0. The summed E-state index contributed by atoms with van der Waals surface area (Å²) in [5.74, 6) is 0. The topological polar surface area (TPSA) is 41.3 Å². The number of nitrogens with two attached hydrogens (primary N) is 1. The fourth-order valence-electron chi connectivity index (χ4n) is 1.55. The molecule has 0 bridgehead atoms. The van der Waals surface area contributed by atoms with Crippen LogP contribution in [0.5, 0.6) is 0 Å². The van der Waals surface area contributed by atoms with Gasteiger partial charge < -0.3 is 11.1 Å². The quantitative estimate of drug-likeness (QED) is 0.734.